The summed E-state index contributed by atoms with van der Waals surface area (Å²) >= 11 is 1.44. The van der Waals surface area contributed by atoms with Gasteiger partial charge >= 0.3 is 11.9 Å². The molecule has 0 radical (unpaired) electrons. The van der Waals surface area contributed by atoms with Crippen LogP contribution in [0.4, 0.5) is 0 Å². The maximum atomic E-state index is 13.2. The number of aryl methyl sites for hydroxylation is 1. The Hall–Kier alpha value is -1.87. The van der Waals surface area contributed by atoms with E-state index >= 15 is 0 Å². The van der Waals surface area contributed by atoms with Gasteiger partial charge in [-0.15, -0.1) is 11.3 Å². The quantitative estimate of drug-likeness (QED) is 0.0585. The Morgan fingerprint density at radius 2 is 1.92 bits per heavy atom. The molecule has 48 heavy (non-hydrogen) atoms. The molecule has 0 aliphatic carbocycles. The summed E-state index contributed by atoms with van der Waals surface area (Å²) in [6, 6.07) is -0.142. The lowest BCUT2D eigenvalue weighted by molar-refractivity contribution is -0.148. The monoisotopic (exact) mass is 730 g/mol. The Morgan fingerprint density at radius 3 is 2.62 bits per heavy atom. The van der Waals surface area contributed by atoms with E-state index in [1.165, 1.54) is 11.3 Å². The number of aromatic nitrogens is 1. The smallest absolute Gasteiger partial charge is 0.308 e. The first-order chi connectivity index (χ1) is 23.1. The number of ether oxygens (including phenoxy) is 3. The molecule has 2 N–H and O–H groups in total. The summed E-state index contributed by atoms with van der Waals surface area (Å²) < 4.78 is 17.2. The number of thiazole rings is 1. The molecule has 1 aromatic rings. The summed E-state index contributed by atoms with van der Waals surface area (Å²) in [5, 5.41) is 8.62. The van der Waals surface area contributed by atoms with Crippen LogP contribution in [0, 0.1) is 17.8 Å². The average Bonchev–Trinajstić information content (AvgIpc) is 3.55. The van der Waals surface area contributed by atoms with Crippen molar-refractivity contribution >= 4 is 56.7 Å². The zero-order chi connectivity index (χ0) is 35.3. The molecule has 11 nitrogen and oxygen atoms in total. The van der Waals surface area contributed by atoms with Crippen molar-refractivity contribution in [1.82, 2.24) is 20.5 Å². The molecule has 3 unspecified atom stereocenters. The van der Waals surface area contributed by atoms with Crippen molar-refractivity contribution in [3.05, 3.63) is 16.1 Å². The predicted octanol–water partition coefficient (Wildman–Crippen LogP) is 5.73. The minimum absolute atomic E-state index is 0.00503. The molecule has 5 atom stereocenters. The minimum Gasteiger partial charge on any atom is -0.465 e. The Balaban J connectivity index is 1.87. The topological polar surface area (TPSA) is 136 Å². The minimum atomic E-state index is -0.426. The summed E-state index contributed by atoms with van der Waals surface area (Å²) in [5.41, 5.74) is 0.364. The van der Waals surface area contributed by atoms with Crippen LogP contribution >= 0.6 is 32.9 Å². The predicted molar refractivity (Wildman–Crippen MR) is 195 cm³/mol. The second-order valence-corrected chi connectivity index (χ2v) is 16.2. The molecule has 0 aromatic carbocycles. The summed E-state index contributed by atoms with van der Waals surface area (Å²) in [5.74, 6) is -0.208. The van der Waals surface area contributed by atoms with Gasteiger partial charge in [0.25, 0.3) is 5.91 Å². The maximum absolute atomic E-state index is 13.2. The fourth-order valence-electron chi connectivity index (χ4n) is 5.23. The largest absolute Gasteiger partial charge is 0.465 e. The molecule has 2 rings (SSSR count). The third-order valence-corrected chi connectivity index (χ3v) is 11.2. The van der Waals surface area contributed by atoms with Crippen molar-refractivity contribution in [2.75, 3.05) is 52.0 Å². The van der Waals surface area contributed by atoms with Crippen molar-refractivity contribution in [3.63, 3.8) is 0 Å². The molecule has 14 heteroatoms. The number of esters is 2. The fourth-order valence-corrected chi connectivity index (χ4v) is 7.07. The van der Waals surface area contributed by atoms with Crippen LogP contribution in [0.1, 0.15) is 101 Å². The number of nitrogens with one attached hydrogen (secondary N) is 2. The first kappa shape index (κ1) is 42.3. The Morgan fingerprint density at radius 1 is 1.12 bits per heavy atom. The molecule has 1 aliphatic heterocycles. The zero-order valence-corrected chi connectivity index (χ0v) is 32.2. The molecule has 1 aliphatic rings. The van der Waals surface area contributed by atoms with Crippen LogP contribution in [0.5, 0.6) is 0 Å². The fraction of sp³-hybridized carbons (Fsp3) is 0.794. The number of carbonyl (C=O) groups excluding carboxylic acids is 4. The third kappa shape index (κ3) is 16.2. The summed E-state index contributed by atoms with van der Waals surface area (Å²) in [7, 11) is 5.28. The van der Waals surface area contributed by atoms with Crippen LogP contribution in [-0.4, -0.2) is 97.9 Å². The van der Waals surface area contributed by atoms with E-state index in [1.54, 1.807) is 33.9 Å². The van der Waals surface area contributed by atoms with E-state index in [2.05, 4.69) is 34.4 Å². The Kier molecular flexibility index (Phi) is 21.4. The third-order valence-electron chi connectivity index (χ3n) is 8.55. The van der Waals surface area contributed by atoms with Gasteiger partial charge in [0, 0.05) is 35.9 Å². The van der Waals surface area contributed by atoms with E-state index in [4.69, 9.17) is 14.2 Å². The lowest BCUT2D eigenvalue weighted by atomic mass is 10.0. The highest BCUT2D eigenvalue weighted by Crippen LogP contribution is 2.20. The van der Waals surface area contributed by atoms with Gasteiger partial charge in [-0.05, 0) is 71.2 Å². The van der Waals surface area contributed by atoms with Gasteiger partial charge in [0.2, 0.25) is 5.91 Å². The van der Waals surface area contributed by atoms with Crippen molar-refractivity contribution in [2.45, 2.75) is 104 Å². The van der Waals surface area contributed by atoms with Gasteiger partial charge in [0.1, 0.15) is 18.5 Å². The van der Waals surface area contributed by atoms with Gasteiger partial charge in [-0.3, -0.25) is 24.1 Å². The van der Waals surface area contributed by atoms with E-state index < -0.39 is 6.23 Å². The van der Waals surface area contributed by atoms with Gasteiger partial charge in [-0.25, -0.2) is 4.98 Å². The Labute approximate surface area is 299 Å². The first-order valence-corrected chi connectivity index (χ1v) is 21.0. The highest BCUT2D eigenvalue weighted by molar-refractivity contribution is 8.76. The van der Waals surface area contributed by atoms with Crippen LogP contribution in [-0.2, 0) is 35.0 Å². The van der Waals surface area contributed by atoms with E-state index in [1.807, 2.05) is 20.2 Å². The highest BCUT2D eigenvalue weighted by atomic mass is 33.1. The molecule has 2 amide bonds. The summed E-state index contributed by atoms with van der Waals surface area (Å²) in [6.45, 7) is 10.2. The van der Waals surface area contributed by atoms with Gasteiger partial charge in [0.15, 0.2) is 0 Å². The Bertz CT molecular complexity index is 1110. The number of amides is 2. The van der Waals surface area contributed by atoms with Crippen molar-refractivity contribution < 1.29 is 33.4 Å². The van der Waals surface area contributed by atoms with E-state index in [0.717, 1.165) is 62.3 Å². The number of hydrogen-bond donors (Lipinski definition) is 2. The second-order valence-electron chi connectivity index (χ2n) is 12.6. The molecular weight excluding hydrogens is 673 g/mol. The number of piperidine rings is 1. The molecule has 0 bridgehead atoms. The van der Waals surface area contributed by atoms with Crippen molar-refractivity contribution in [2.24, 2.45) is 17.8 Å². The van der Waals surface area contributed by atoms with E-state index in [0.29, 0.717) is 44.7 Å². The number of nitrogens with zero attached hydrogens (tertiary/aromatic N) is 2. The molecule has 1 aromatic heterocycles. The molecule has 0 spiro atoms. The SMILES string of the molecule is CCCC(=O)OCC(CCCc1nc(C(=O)NCC[C@H](C)C(=O)OCCSSC)cs1)CO[C@@H](NC(=O)C1CCCCN1C)C(C)CC. The number of hydrogen-bond acceptors (Lipinski definition) is 12. The van der Waals surface area contributed by atoms with Gasteiger partial charge in [-0.2, -0.15) is 0 Å². The molecule has 1 fully saturated rings. The standard InChI is InChI=1S/C34H58N4O7S3/c1-7-12-30(39)44-21-26(22-45-33(24(3)8-2)37-32(41)28-14-9-10-18-38(28)5)13-11-15-29-36-27(23-47-29)31(40)35-17-16-25(4)34(42)43-19-20-48-46-6/h23-26,28,33H,7-22H2,1-6H3,(H,35,40)(H,37,41)/t24?,25-,26?,28?,33+/m0/s1. The van der Waals surface area contributed by atoms with E-state index in [9.17, 15) is 19.2 Å². The second kappa shape index (κ2) is 24.3. The van der Waals surface area contributed by atoms with Gasteiger partial charge < -0.3 is 24.8 Å². The molecule has 1 saturated heterocycles. The molecular formula is C34H58N4O7S3. The molecule has 274 valence electrons. The molecule has 2 heterocycles. The van der Waals surface area contributed by atoms with Crippen LogP contribution in [0.25, 0.3) is 0 Å². The number of rotatable bonds is 24. The number of likely N-dealkylation sites (tertiary alicyclic amines) is 1. The maximum Gasteiger partial charge on any atom is 0.308 e. The first-order valence-electron chi connectivity index (χ1n) is 17.4. The van der Waals surface area contributed by atoms with Crippen LogP contribution in [0.15, 0.2) is 5.38 Å². The summed E-state index contributed by atoms with van der Waals surface area (Å²) in [4.78, 5) is 56.8. The van der Waals surface area contributed by atoms with Gasteiger partial charge in [0.05, 0.1) is 30.2 Å². The summed E-state index contributed by atoms with van der Waals surface area (Å²) in [6.07, 6.45) is 9.18. The number of likely N-dealkylation sites (N-methyl/N-ethyl adjacent to an activating group) is 1. The van der Waals surface area contributed by atoms with Crippen molar-refractivity contribution in [3.8, 4) is 0 Å². The zero-order valence-electron chi connectivity index (χ0n) is 29.8. The van der Waals surface area contributed by atoms with Gasteiger partial charge in [-0.1, -0.05) is 55.7 Å². The lowest BCUT2D eigenvalue weighted by Crippen LogP contribution is -2.52. The van der Waals surface area contributed by atoms with Crippen LogP contribution in [0.2, 0.25) is 0 Å². The number of carbonyl (C=O) groups is 4. The van der Waals surface area contributed by atoms with Crippen LogP contribution < -0.4 is 10.6 Å². The lowest BCUT2D eigenvalue weighted by Gasteiger charge is -2.34. The van der Waals surface area contributed by atoms with Crippen molar-refractivity contribution in [1.29, 1.82) is 0 Å². The van der Waals surface area contributed by atoms with E-state index in [-0.39, 0.29) is 54.2 Å². The highest BCUT2D eigenvalue weighted by Gasteiger charge is 2.29. The van der Waals surface area contributed by atoms with Crippen LogP contribution in [0.3, 0.4) is 0 Å². The normalized spacial score (nSPS) is 17.6. The average molecular weight is 731 g/mol. The molecule has 0 saturated carbocycles.